The van der Waals surface area contributed by atoms with Crippen LogP contribution in [0, 0.1) is 17.3 Å². The van der Waals surface area contributed by atoms with Crippen LogP contribution in [-0.2, 0) is 6.42 Å². The smallest absolute Gasteiger partial charge is 0.115 e. The van der Waals surface area contributed by atoms with E-state index in [0.29, 0.717) is 24.0 Å². The topological polar surface area (TPSA) is 60.7 Å². The Kier molecular flexibility index (Phi) is 2.65. The van der Waals surface area contributed by atoms with Gasteiger partial charge >= 0.3 is 0 Å². The number of aromatic hydroxyl groups is 1. The van der Waals surface area contributed by atoms with Crippen LogP contribution in [0.5, 0.6) is 5.75 Å². The highest BCUT2D eigenvalue weighted by Gasteiger charge is 2.57. The first-order valence-corrected chi connectivity index (χ1v) is 8.07. The summed E-state index contributed by atoms with van der Waals surface area (Å²) >= 11 is 0. The first-order chi connectivity index (χ1) is 10.3. The van der Waals surface area contributed by atoms with Crippen molar-refractivity contribution in [3.05, 3.63) is 29.3 Å². The number of benzene rings is 1. The number of phenolic OH excluding ortho intramolecular Hbond substituents is 1. The predicted octanol–water partition coefficient (Wildman–Crippen LogP) is 2.58. The van der Waals surface area contributed by atoms with E-state index in [1.807, 2.05) is 19.1 Å². The molecule has 1 aromatic carbocycles. The molecule has 2 saturated carbocycles. The Balaban J connectivity index is 1.73. The standard InChI is InChI=1S/C18H24O3/c1-18-7-6-13-12-5-3-11(19)8-10(12)2-4-14(13)15(18)9-16(20)17(18)21/h3,5,8,13-17,19-21H,2,4,6-7,9H2,1H3/t13-,14-,15+,16-,17+,18+/m1/s1/i17D. The van der Waals surface area contributed by atoms with E-state index in [0.717, 1.165) is 25.7 Å². The largest absolute Gasteiger partial charge is 0.508 e. The van der Waals surface area contributed by atoms with Crippen LogP contribution < -0.4 is 0 Å². The van der Waals surface area contributed by atoms with E-state index in [1.54, 1.807) is 6.07 Å². The summed E-state index contributed by atoms with van der Waals surface area (Å²) in [6, 6.07) is 5.69. The molecule has 0 spiro atoms. The molecule has 0 saturated heterocycles. The lowest BCUT2D eigenvalue weighted by atomic mass is 9.55. The molecule has 21 heavy (non-hydrogen) atoms. The maximum absolute atomic E-state index is 10.5. The fourth-order valence-electron chi connectivity index (χ4n) is 5.37. The second-order valence-corrected chi connectivity index (χ2v) is 7.39. The zero-order valence-electron chi connectivity index (χ0n) is 13.4. The average molecular weight is 289 g/mol. The number of aryl methyl sites for hydroxylation is 1. The number of aliphatic hydroxyl groups excluding tert-OH is 1. The predicted molar refractivity (Wildman–Crippen MR) is 80.1 cm³/mol. The number of hydrogen-bond donors (Lipinski definition) is 3. The number of aliphatic hydroxyl groups is 2. The molecule has 2 fully saturated rings. The van der Waals surface area contributed by atoms with Gasteiger partial charge in [0.25, 0.3) is 0 Å². The SMILES string of the molecule is [2H][C@]1(O)[C@H](O)C[C@H]2[C@@H]3CCc4cc(O)ccc4[C@H]3CC[C@@]21C. The lowest BCUT2D eigenvalue weighted by Crippen LogP contribution is -2.44. The summed E-state index contributed by atoms with van der Waals surface area (Å²) < 4.78 is 8.27. The zero-order chi connectivity index (χ0) is 15.7. The molecule has 0 heterocycles. The van der Waals surface area contributed by atoms with Crippen LogP contribution in [0.3, 0.4) is 0 Å². The summed E-state index contributed by atoms with van der Waals surface area (Å²) in [5.41, 5.74) is 2.05. The van der Waals surface area contributed by atoms with Crippen LogP contribution in [0.1, 0.15) is 51.0 Å². The van der Waals surface area contributed by atoms with E-state index in [9.17, 15) is 15.3 Å². The van der Waals surface area contributed by atoms with E-state index >= 15 is 0 Å². The third-order valence-electron chi connectivity index (χ3n) is 6.48. The van der Waals surface area contributed by atoms with Crippen molar-refractivity contribution >= 4 is 0 Å². The summed E-state index contributed by atoms with van der Waals surface area (Å²) in [5, 5.41) is 30.4. The molecule has 0 aromatic heterocycles. The van der Waals surface area contributed by atoms with Crippen molar-refractivity contribution in [1.29, 1.82) is 0 Å². The van der Waals surface area contributed by atoms with Gasteiger partial charge in [-0.25, -0.2) is 0 Å². The van der Waals surface area contributed by atoms with Gasteiger partial charge in [0.2, 0.25) is 0 Å². The molecule has 0 amide bonds. The zero-order valence-corrected chi connectivity index (χ0v) is 12.4. The summed E-state index contributed by atoms with van der Waals surface area (Å²) in [6.45, 7) is 1.99. The van der Waals surface area contributed by atoms with Gasteiger partial charge in [-0.3, -0.25) is 0 Å². The minimum Gasteiger partial charge on any atom is -0.508 e. The summed E-state index contributed by atoms with van der Waals surface area (Å²) in [6.07, 6.45) is 1.54. The molecular weight excluding hydrogens is 264 g/mol. The Bertz CT molecular complexity index is 614. The highest BCUT2D eigenvalue weighted by molar-refractivity contribution is 5.40. The third-order valence-corrected chi connectivity index (χ3v) is 6.48. The molecule has 0 bridgehead atoms. The molecule has 3 N–H and O–H groups in total. The van der Waals surface area contributed by atoms with Gasteiger partial charge in [-0.05, 0) is 78.5 Å². The van der Waals surface area contributed by atoms with Crippen LogP contribution in [0.2, 0.25) is 0 Å². The normalized spacial score (nSPS) is 49.0. The van der Waals surface area contributed by atoms with Crippen molar-refractivity contribution in [3.8, 4) is 5.75 Å². The molecule has 4 rings (SSSR count). The van der Waals surface area contributed by atoms with Crippen LogP contribution in [-0.4, -0.2) is 27.5 Å². The molecular formula is C18H24O3. The van der Waals surface area contributed by atoms with Crippen molar-refractivity contribution in [2.45, 2.75) is 57.1 Å². The number of phenols is 1. The third kappa shape index (κ3) is 1.80. The minimum absolute atomic E-state index is 0.200. The molecule has 0 radical (unpaired) electrons. The van der Waals surface area contributed by atoms with E-state index in [1.165, 1.54) is 11.1 Å². The van der Waals surface area contributed by atoms with E-state index in [-0.39, 0.29) is 5.92 Å². The molecule has 0 aliphatic heterocycles. The lowest BCUT2D eigenvalue weighted by Gasteiger charge is -2.49. The fourth-order valence-corrected chi connectivity index (χ4v) is 5.37. The quantitative estimate of drug-likeness (QED) is 0.688. The second-order valence-electron chi connectivity index (χ2n) is 7.39. The lowest BCUT2D eigenvalue weighted by molar-refractivity contribution is -0.0505. The van der Waals surface area contributed by atoms with E-state index < -0.39 is 17.6 Å². The monoisotopic (exact) mass is 289 g/mol. The van der Waals surface area contributed by atoms with Crippen LogP contribution in [0.25, 0.3) is 0 Å². The summed E-state index contributed by atoms with van der Waals surface area (Å²) in [5.74, 6) is 1.38. The van der Waals surface area contributed by atoms with Crippen LogP contribution >= 0.6 is 0 Å². The van der Waals surface area contributed by atoms with Crippen LogP contribution in [0.4, 0.5) is 0 Å². The Hall–Kier alpha value is -1.06. The van der Waals surface area contributed by atoms with Crippen molar-refractivity contribution in [2.24, 2.45) is 17.3 Å². The van der Waals surface area contributed by atoms with Crippen molar-refractivity contribution in [2.75, 3.05) is 0 Å². The first kappa shape index (κ1) is 12.5. The molecule has 6 atom stereocenters. The maximum Gasteiger partial charge on any atom is 0.115 e. The molecule has 3 nitrogen and oxygen atoms in total. The second kappa shape index (κ2) is 4.47. The van der Waals surface area contributed by atoms with Gasteiger partial charge in [-0.1, -0.05) is 13.0 Å². The minimum atomic E-state index is -1.72. The number of hydrogen-bond acceptors (Lipinski definition) is 3. The maximum atomic E-state index is 10.5. The first-order valence-electron chi connectivity index (χ1n) is 8.57. The molecule has 3 aliphatic rings. The number of fused-ring (bicyclic) bond motifs is 5. The molecule has 3 aliphatic carbocycles. The highest BCUT2D eigenvalue weighted by Crippen LogP contribution is 2.60. The molecule has 1 aromatic rings. The van der Waals surface area contributed by atoms with Crippen molar-refractivity contribution in [3.63, 3.8) is 0 Å². The van der Waals surface area contributed by atoms with Gasteiger partial charge in [-0.15, -0.1) is 0 Å². The van der Waals surface area contributed by atoms with Crippen molar-refractivity contribution in [1.82, 2.24) is 0 Å². The molecule has 3 heteroatoms. The Labute approximate surface area is 127 Å². The van der Waals surface area contributed by atoms with Gasteiger partial charge in [0.1, 0.15) is 5.75 Å². The number of rotatable bonds is 0. The van der Waals surface area contributed by atoms with Gasteiger partial charge in [0, 0.05) is 0 Å². The van der Waals surface area contributed by atoms with Gasteiger partial charge in [0.15, 0.2) is 0 Å². The highest BCUT2D eigenvalue weighted by atomic mass is 16.3. The van der Waals surface area contributed by atoms with Gasteiger partial charge < -0.3 is 15.3 Å². The molecule has 114 valence electrons. The summed E-state index contributed by atoms with van der Waals surface area (Å²) in [7, 11) is 0. The van der Waals surface area contributed by atoms with Crippen molar-refractivity contribution < 1.29 is 16.7 Å². The Morgan fingerprint density at radius 1 is 1.29 bits per heavy atom. The fraction of sp³-hybridized carbons (Fsp3) is 0.667. The van der Waals surface area contributed by atoms with Gasteiger partial charge in [0.05, 0.1) is 13.6 Å². The molecule has 0 unspecified atom stereocenters. The van der Waals surface area contributed by atoms with E-state index in [4.69, 9.17) is 1.37 Å². The average Bonchev–Trinajstić information content (AvgIpc) is 2.66. The van der Waals surface area contributed by atoms with Crippen LogP contribution in [0.15, 0.2) is 18.2 Å². The van der Waals surface area contributed by atoms with Gasteiger partial charge in [-0.2, -0.15) is 0 Å². The Morgan fingerprint density at radius 3 is 2.90 bits per heavy atom. The van der Waals surface area contributed by atoms with E-state index in [2.05, 4.69) is 0 Å². The Morgan fingerprint density at radius 2 is 2.10 bits per heavy atom. The summed E-state index contributed by atoms with van der Waals surface area (Å²) in [4.78, 5) is 0.